The SMILES string of the molecule is COc1ccccc1C(c1nc2ccccc2s1)N1CCCC(C(=O)O)C1. The van der Waals surface area contributed by atoms with E-state index in [9.17, 15) is 9.90 Å². The number of carbonyl (C=O) groups is 1. The highest BCUT2D eigenvalue weighted by atomic mass is 32.1. The third-order valence-corrected chi connectivity index (χ3v) is 6.23. The van der Waals surface area contributed by atoms with Crippen molar-refractivity contribution in [2.24, 2.45) is 5.92 Å². The van der Waals surface area contributed by atoms with Crippen LogP contribution in [0.25, 0.3) is 10.2 Å². The van der Waals surface area contributed by atoms with Gasteiger partial charge in [0, 0.05) is 12.1 Å². The molecular weight excluding hydrogens is 360 g/mol. The number of fused-ring (bicyclic) bond motifs is 1. The van der Waals surface area contributed by atoms with Gasteiger partial charge in [-0.2, -0.15) is 0 Å². The van der Waals surface area contributed by atoms with Gasteiger partial charge in [0.05, 0.1) is 29.3 Å². The Morgan fingerprint density at radius 1 is 1.26 bits per heavy atom. The van der Waals surface area contributed by atoms with E-state index < -0.39 is 5.97 Å². The Morgan fingerprint density at radius 3 is 2.81 bits per heavy atom. The van der Waals surface area contributed by atoms with Crippen LogP contribution in [0.4, 0.5) is 0 Å². The maximum atomic E-state index is 11.6. The Bertz CT molecular complexity index is 922. The molecule has 4 rings (SSSR count). The van der Waals surface area contributed by atoms with E-state index in [1.54, 1.807) is 18.4 Å². The molecule has 1 N–H and O–H groups in total. The molecular formula is C21H22N2O3S. The number of piperidine rings is 1. The van der Waals surface area contributed by atoms with Crippen LogP contribution in [0.5, 0.6) is 5.75 Å². The second-order valence-electron chi connectivity index (χ2n) is 6.84. The summed E-state index contributed by atoms with van der Waals surface area (Å²) in [5, 5.41) is 10.5. The fourth-order valence-corrected chi connectivity index (χ4v) is 4.95. The van der Waals surface area contributed by atoms with Gasteiger partial charge in [-0.1, -0.05) is 30.3 Å². The van der Waals surface area contributed by atoms with Gasteiger partial charge < -0.3 is 9.84 Å². The van der Waals surface area contributed by atoms with Crippen molar-refractivity contribution in [2.75, 3.05) is 20.2 Å². The number of aliphatic carboxylic acids is 1. The van der Waals surface area contributed by atoms with E-state index >= 15 is 0 Å². The van der Waals surface area contributed by atoms with Gasteiger partial charge in [-0.15, -0.1) is 11.3 Å². The standard InChI is InChI=1S/C21H22N2O3S/c1-26-17-10-4-2-8-15(17)19(23-12-6-7-14(13-23)21(24)25)20-22-16-9-3-5-11-18(16)27-20/h2-5,8-11,14,19H,6-7,12-13H2,1H3,(H,24,25). The molecule has 2 aromatic carbocycles. The Labute approximate surface area is 162 Å². The molecule has 1 saturated heterocycles. The van der Waals surface area contributed by atoms with E-state index in [1.165, 1.54) is 0 Å². The van der Waals surface area contributed by atoms with Crippen molar-refractivity contribution in [1.82, 2.24) is 9.88 Å². The number of carboxylic acid groups (broad SMARTS) is 1. The van der Waals surface area contributed by atoms with E-state index in [1.807, 2.05) is 36.4 Å². The number of hydrogen-bond acceptors (Lipinski definition) is 5. The largest absolute Gasteiger partial charge is 0.496 e. The first kappa shape index (κ1) is 17.9. The minimum absolute atomic E-state index is 0.110. The molecule has 0 saturated carbocycles. The molecule has 1 aliphatic heterocycles. The van der Waals surface area contributed by atoms with E-state index in [4.69, 9.17) is 9.72 Å². The summed E-state index contributed by atoms with van der Waals surface area (Å²) in [6.07, 6.45) is 1.60. The molecule has 2 unspecified atom stereocenters. The van der Waals surface area contributed by atoms with Crippen molar-refractivity contribution < 1.29 is 14.6 Å². The average molecular weight is 382 g/mol. The van der Waals surface area contributed by atoms with Crippen LogP contribution in [0.1, 0.15) is 29.5 Å². The molecule has 5 nitrogen and oxygen atoms in total. The molecule has 140 valence electrons. The summed E-state index contributed by atoms with van der Waals surface area (Å²) in [5.41, 5.74) is 2.01. The second-order valence-corrected chi connectivity index (χ2v) is 7.90. The number of thiazole rings is 1. The number of aromatic nitrogens is 1. The Kier molecular flexibility index (Phi) is 5.09. The lowest BCUT2D eigenvalue weighted by atomic mass is 9.94. The topological polar surface area (TPSA) is 62.7 Å². The highest BCUT2D eigenvalue weighted by Gasteiger charge is 2.34. The van der Waals surface area contributed by atoms with Crippen LogP contribution < -0.4 is 4.74 Å². The quantitative estimate of drug-likeness (QED) is 0.717. The van der Waals surface area contributed by atoms with Gasteiger partial charge in [0.25, 0.3) is 0 Å². The van der Waals surface area contributed by atoms with Gasteiger partial charge in [0.2, 0.25) is 0 Å². The maximum absolute atomic E-state index is 11.6. The number of para-hydroxylation sites is 2. The van der Waals surface area contributed by atoms with Crippen molar-refractivity contribution in [2.45, 2.75) is 18.9 Å². The van der Waals surface area contributed by atoms with Gasteiger partial charge in [0.15, 0.2) is 0 Å². The van der Waals surface area contributed by atoms with Crippen LogP contribution in [0.15, 0.2) is 48.5 Å². The molecule has 2 atom stereocenters. The fraction of sp³-hybridized carbons (Fsp3) is 0.333. The molecule has 1 fully saturated rings. The van der Waals surface area contributed by atoms with Gasteiger partial charge in [-0.05, 0) is 37.6 Å². The van der Waals surface area contributed by atoms with Crippen LogP contribution in [0.2, 0.25) is 0 Å². The third kappa shape index (κ3) is 3.55. The van der Waals surface area contributed by atoms with Gasteiger partial charge in [-0.25, -0.2) is 4.98 Å². The summed E-state index contributed by atoms with van der Waals surface area (Å²) in [5.74, 6) is -0.257. The highest BCUT2D eigenvalue weighted by molar-refractivity contribution is 7.18. The van der Waals surface area contributed by atoms with Crippen LogP contribution in [0.3, 0.4) is 0 Å². The van der Waals surface area contributed by atoms with Crippen LogP contribution in [-0.2, 0) is 4.79 Å². The predicted octanol–water partition coefficient (Wildman–Crippen LogP) is 4.19. The number of ether oxygens (including phenoxy) is 1. The summed E-state index contributed by atoms with van der Waals surface area (Å²) in [7, 11) is 1.67. The summed E-state index contributed by atoms with van der Waals surface area (Å²) >= 11 is 1.67. The fourth-order valence-electron chi connectivity index (χ4n) is 3.83. The zero-order valence-corrected chi connectivity index (χ0v) is 16.0. The minimum Gasteiger partial charge on any atom is -0.496 e. The Morgan fingerprint density at radius 2 is 2.04 bits per heavy atom. The average Bonchev–Trinajstić information content (AvgIpc) is 3.12. The first-order chi connectivity index (χ1) is 13.2. The van der Waals surface area contributed by atoms with Gasteiger partial charge in [-0.3, -0.25) is 9.69 Å². The molecule has 2 heterocycles. The molecule has 0 amide bonds. The summed E-state index contributed by atoms with van der Waals surface area (Å²) < 4.78 is 6.76. The molecule has 0 spiro atoms. The van der Waals surface area contributed by atoms with E-state index in [0.717, 1.165) is 45.9 Å². The van der Waals surface area contributed by atoms with E-state index in [-0.39, 0.29) is 12.0 Å². The summed E-state index contributed by atoms with van der Waals surface area (Å²) in [6.45, 7) is 1.37. The molecule has 3 aromatic rings. The molecule has 0 aliphatic carbocycles. The number of likely N-dealkylation sites (tertiary alicyclic amines) is 1. The third-order valence-electron chi connectivity index (χ3n) is 5.15. The molecule has 0 bridgehead atoms. The van der Waals surface area contributed by atoms with Crippen molar-refractivity contribution in [3.63, 3.8) is 0 Å². The number of benzene rings is 2. The summed E-state index contributed by atoms with van der Waals surface area (Å²) in [6, 6.07) is 16.0. The normalized spacial score (nSPS) is 19.1. The predicted molar refractivity (Wildman–Crippen MR) is 106 cm³/mol. The zero-order chi connectivity index (χ0) is 18.8. The number of hydrogen-bond donors (Lipinski definition) is 1. The lowest BCUT2D eigenvalue weighted by Crippen LogP contribution is -2.41. The first-order valence-electron chi connectivity index (χ1n) is 9.12. The van der Waals surface area contributed by atoms with Crippen LogP contribution >= 0.6 is 11.3 Å². The van der Waals surface area contributed by atoms with Crippen molar-refractivity contribution in [3.8, 4) is 5.75 Å². The molecule has 0 radical (unpaired) electrons. The first-order valence-corrected chi connectivity index (χ1v) is 9.94. The smallest absolute Gasteiger partial charge is 0.307 e. The van der Waals surface area contributed by atoms with Crippen molar-refractivity contribution in [1.29, 1.82) is 0 Å². The highest BCUT2D eigenvalue weighted by Crippen LogP contribution is 2.40. The number of nitrogens with zero attached hydrogens (tertiary/aromatic N) is 2. The monoisotopic (exact) mass is 382 g/mol. The second kappa shape index (κ2) is 7.66. The van der Waals surface area contributed by atoms with Crippen LogP contribution in [0, 0.1) is 5.92 Å². The number of rotatable bonds is 5. The molecule has 1 aliphatic rings. The minimum atomic E-state index is -0.720. The van der Waals surface area contributed by atoms with Gasteiger partial charge in [0.1, 0.15) is 10.8 Å². The Balaban J connectivity index is 1.80. The summed E-state index contributed by atoms with van der Waals surface area (Å²) in [4.78, 5) is 18.7. The number of carboxylic acids is 1. The molecule has 27 heavy (non-hydrogen) atoms. The lowest BCUT2D eigenvalue weighted by Gasteiger charge is -2.36. The van der Waals surface area contributed by atoms with E-state index in [2.05, 4.69) is 17.0 Å². The zero-order valence-electron chi connectivity index (χ0n) is 15.2. The molecule has 6 heteroatoms. The number of methoxy groups -OCH3 is 1. The van der Waals surface area contributed by atoms with Gasteiger partial charge >= 0.3 is 5.97 Å². The van der Waals surface area contributed by atoms with E-state index in [0.29, 0.717) is 6.54 Å². The van der Waals surface area contributed by atoms with Crippen LogP contribution in [-0.4, -0.2) is 41.2 Å². The Hall–Kier alpha value is -2.44. The lowest BCUT2D eigenvalue weighted by molar-refractivity contribution is -0.143. The van der Waals surface area contributed by atoms with Crippen molar-refractivity contribution >= 4 is 27.5 Å². The maximum Gasteiger partial charge on any atom is 0.307 e. The van der Waals surface area contributed by atoms with Crippen molar-refractivity contribution in [3.05, 3.63) is 59.1 Å². The molecule has 1 aromatic heterocycles.